The third-order valence-electron chi connectivity index (χ3n) is 3.23. The number of benzene rings is 1. The number of fused-ring (bicyclic) bond motifs is 1. The first-order chi connectivity index (χ1) is 8.58. The molecule has 2 rings (SSSR count). The van der Waals surface area contributed by atoms with Crippen LogP contribution in [-0.2, 0) is 17.8 Å². The normalized spacial score (nSPS) is 17.9. The number of hydrogen-bond donors (Lipinski definition) is 4. The van der Waals surface area contributed by atoms with Crippen LogP contribution in [0, 0.1) is 0 Å². The Morgan fingerprint density at radius 3 is 2.89 bits per heavy atom. The van der Waals surface area contributed by atoms with Crippen LogP contribution in [0.25, 0.3) is 0 Å². The summed E-state index contributed by atoms with van der Waals surface area (Å²) < 4.78 is 0. The fourth-order valence-corrected chi connectivity index (χ4v) is 2.22. The Kier molecular flexibility index (Phi) is 3.96. The van der Waals surface area contributed by atoms with Crippen molar-refractivity contribution in [3.8, 4) is 0 Å². The van der Waals surface area contributed by atoms with Crippen LogP contribution in [0.3, 0.4) is 0 Å². The third-order valence-corrected chi connectivity index (χ3v) is 3.23. The van der Waals surface area contributed by atoms with E-state index in [2.05, 4.69) is 5.32 Å². The van der Waals surface area contributed by atoms with Crippen molar-refractivity contribution in [3.63, 3.8) is 0 Å². The number of rotatable bonds is 4. The summed E-state index contributed by atoms with van der Waals surface area (Å²) in [6, 6.07) is 5.61. The maximum Gasteiger partial charge on any atom is 0.220 e. The number of carbonyl (C=O) groups is 1. The molecular weight excluding hydrogens is 232 g/mol. The molecule has 0 saturated carbocycles. The molecule has 5 heteroatoms. The summed E-state index contributed by atoms with van der Waals surface area (Å²) in [7, 11) is 0. The zero-order valence-electron chi connectivity index (χ0n) is 10.1. The molecule has 0 saturated heterocycles. The van der Waals surface area contributed by atoms with Crippen LogP contribution in [0.4, 0.5) is 0 Å². The number of hydrogen-bond acceptors (Lipinski definition) is 4. The zero-order chi connectivity index (χ0) is 13.1. The van der Waals surface area contributed by atoms with E-state index in [9.17, 15) is 15.0 Å². The quantitative estimate of drug-likeness (QED) is 0.585. The third kappa shape index (κ3) is 2.87. The average molecular weight is 250 g/mol. The van der Waals surface area contributed by atoms with Crippen molar-refractivity contribution >= 4 is 5.91 Å². The van der Waals surface area contributed by atoms with Gasteiger partial charge in [-0.25, -0.2) is 0 Å². The van der Waals surface area contributed by atoms with Crippen molar-refractivity contribution in [2.24, 2.45) is 5.73 Å². The summed E-state index contributed by atoms with van der Waals surface area (Å²) >= 11 is 0. The molecule has 1 aliphatic heterocycles. The Balaban J connectivity index is 2.15. The summed E-state index contributed by atoms with van der Waals surface area (Å²) in [5, 5.41) is 22.9. The lowest BCUT2D eigenvalue weighted by molar-refractivity contribution is -0.121. The van der Waals surface area contributed by atoms with Crippen molar-refractivity contribution < 1.29 is 15.0 Å². The van der Waals surface area contributed by atoms with Gasteiger partial charge < -0.3 is 21.3 Å². The van der Waals surface area contributed by atoms with Crippen LogP contribution in [0.2, 0.25) is 0 Å². The predicted molar refractivity (Wildman–Crippen MR) is 66.6 cm³/mol. The van der Waals surface area contributed by atoms with Gasteiger partial charge in [-0.1, -0.05) is 18.2 Å². The minimum Gasteiger partial charge on any atom is -0.390 e. The van der Waals surface area contributed by atoms with Crippen molar-refractivity contribution in [2.75, 3.05) is 6.54 Å². The van der Waals surface area contributed by atoms with Crippen LogP contribution in [-0.4, -0.2) is 28.8 Å². The molecule has 98 valence electrons. The number of primary amides is 1. The molecule has 0 aliphatic carbocycles. The van der Waals surface area contributed by atoms with Gasteiger partial charge in [0.15, 0.2) is 0 Å². The van der Waals surface area contributed by atoms with Gasteiger partial charge in [-0.05, 0) is 29.7 Å². The lowest BCUT2D eigenvalue weighted by Crippen LogP contribution is -2.27. The van der Waals surface area contributed by atoms with Gasteiger partial charge in [0.25, 0.3) is 0 Å². The molecule has 2 unspecified atom stereocenters. The van der Waals surface area contributed by atoms with Gasteiger partial charge >= 0.3 is 0 Å². The monoisotopic (exact) mass is 250 g/mol. The van der Waals surface area contributed by atoms with Crippen LogP contribution >= 0.6 is 0 Å². The van der Waals surface area contributed by atoms with E-state index in [-0.39, 0.29) is 6.42 Å². The fraction of sp³-hybridized carbons (Fsp3) is 0.462. The first-order valence-corrected chi connectivity index (χ1v) is 6.05. The fourth-order valence-electron chi connectivity index (χ4n) is 2.22. The standard InChI is InChI=1S/C13H18N2O3/c14-12(17)6-11(16)13(18)9-1-2-10-7-15-4-3-8(10)5-9/h1-2,5,11,13,15-16,18H,3-4,6-7H2,(H2,14,17). The summed E-state index contributed by atoms with van der Waals surface area (Å²) in [5.74, 6) is -0.622. The Labute approximate surface area is 106 Å². The zero-order valence-corrected chi connectivity index (χ0v) is 10.1. The lowest BCUT2D eigenvalue weighted by Gasteiger charge is -2.21. The molecule has 0 aromatic heterocycles. The van der Waals surface area contributed by atoms with E-state index in [0.717, 1.165) is 19.5 Å². The van der Waals surface area contributed by atoms with Crippen molar-refractivity contribution in [1.29, 1.82) is 0 Å². The van der Waals surface area contributed by atoms with E-state index in [1.807, 2.05) is 12.1 Å². The molecule has 0 spiro atoms. The van der Waals surface area contributed by atoms with E-state index in [0.29, 0.717) is 5.56 Å². The largest absolute Gasteiger partial charge is 0.390 e. The van der Waals surface area contributed by atoms with Crippen molar-refractivity contribution in [2.45, 2.75) is 31.6 Å². The van der Waals surface area contributed by atoms with Gasteiger partial charge in [0.2, 0.25) is 5.91 Å². The molecule has 0 radical (unpaired) electrons. The summed E-state index contributed by atoms with van der Waals surface area (Å²) in [6.07, 6.45) is -1.55. The second-order valence-corrected chi connectivity index (χ2v) is 4.64. The minimum absolute atomic E-state index is 0.236. The van der Waals surface area contributed by atoms with Gasteiger partial charge in [0.05, 0.1) is 12.5 Å². The van der Waals surface area contributed by atoms with Gasteiger partial charge in [0.1, 0.15) is 6.10 Å². The molecule has 18 heavy (non-hydrogen) atoms. The molecular formula is C13H18N2O3. The maximum absolute atomic E-state index is 10.7. The number of carbonyl (C=O) groups excluding carboxylic acids is 1. The molecule has 1 aromatic rings. The Morgan fingerprint density at radius 1 is 1.39 bits per heavy atom. The van der Waals surface area contributed by atoms with E-state index < -0.39 is 18.1 Å². The minimum atomic E-state index is -1.15. The summed E-state index contributed by atoms with van der Waals surface area (Å²) in [5.41, 5.74) is 8.02. The predicted octanol–water partition coefficient (Wildman–Crippen LogP) is -0.398. The first kappa shape index (κ1) is 13.0. The van der Waals surface area contributed by atoms with Gasteiger partial charge in [-0.3, -0.25) is 4.79 Å². The summed E-state index contributed by atoms with van der Waals surface area (Å²) in [6.45, 7) is 1.74. The molecule has 1 heterocycles. The van der Waals surface area contributed by atoms with Gasteiger partial charge in [-0.2, -0.15) is 0 Å². The van der Waals surface area contributed by atoms with E-state index in [1.54, 1.807) is 6.07 Å². The number of nitrogens with two attached hydrogens (primary N) is 1. The van der Waals surface area contributed by atoms with E-state index in [4.69, 9.17) is 5.73 Å². The van der Waals surface area contributed by atoms with E-state index in [1.165, 1.54) is 11.1 Å². The Hall–Kier alpha value is -1.43. The molecule has 1 amide bonds. The molecule has 5 nitrogen and oxygen atoms in total. The topological polar surface area (TPSA) is 95.6 Å². The number of aliphatic hydroxyl groups is 2. The van der Waals surface area contributed by atoms with Crippen LogP contribution in [0.1, 0.15) is 29.2 Å². The highest BCUT2D eigenvalue weighted by Crippen LogP contribution is 2.23. The highest BCUT2D eigenvalue weighted by atomic mass is 16.3. The smallest absolute Gasteiger partial charge is 0.220 e. The van der Waals surface area contributed by atoms with Crippen molar-refractivity contribution in [1.82, 2.24) is 5.32 Å². The van der Waals surface area contributed by atoms with Gasteiger partial charge in [0, 0.05) is 6.54 Å². The summed E-state index contributed by atoms with van der Waals surface area (Å²) in [4.78, 5) is 10.7. The second kappa shape index (κ2) is 5.48. The molecule has 5 N–H and O–H groups in total. The highest BCUT2D eigenvalue weighted by Gasteiger charge is 2.21. The SMILES string of the molecule is NC(=O)CC(O)C(O)c1ccc2c(c1)CCNC2. The maximum atomic E-state index is 10.7. The van der Waals surface area contributed by atoms with E-state index >= 15 is 0 Å². The molecule has 1 aromatic carbocycles. The Morgan fingerprint density at radius 2 is 2.17 bits per heavy atom. The molecule has 1 aliphatic rings. The highest BCUT2D eigenvalue weighted by molar-refractivity contribution is 5.74. The Bertz CT molecular complexity index is 448. The van der Waals surface area contributed by atoms with Gasteiger partial charge in [-0.15, -0.1) is 0 Å². The first-order valence-electron chi connectivity index (χ1n) is 6.05. The molecule has 0 fully saturated rings. The number of amides is 1. The molecule has 2 atom stereocenters. The average Bonchev–Trinajstić information content (AvgIpc) is 2.36. The van der Waals surface area contributed by atoms with Crippen molar-refractivity contribution in [3.05, 3.63) is 34.9 Å². The van der Waals surface area contributed by atoms with Crippen LogP contribution in [0.5, 0.6) is 0 Å². The van der Waals surface area contributed by atoms with Crippen LogP contribution in [0.15, 0.2) is 18.2 Å². The lowest BCUT2D eigenvalue weighted by atomic mass is 9.94. The second-order valence-electron chi connectivity index (χ2n) is 4.64. The molecule has 0 bridgehead atoms. The van der Waals surface area contributed by atoms with Crippen LogP contribution < -0.4 is 11.1 Å². The number of nitrogens with one attached hydrogen (secondary N) is 1. The number of aliphatic hydroxyl groups excluding tert-OH is 2.